The van der Waals surface area contributed by atoms with Crippen molar-refractivity contribution in [2.24, 2.45) is 0 Å². The molecule has 0 aliphatic heterocycles. The number of aromatic carboxylic acids is 1. The second kappa shape index (κ2) is 8.58. The Labute approximate surface area is 181 Å². The number of halogens is 2. The summed E-state index contributed by atoms with van der Waals surface area (Å²) in [7, 11) is 0. The molecule has 2 aromatic carbocycles. The molecule has 0 amide bonds. The molecular formula is C20H11ClFLiN4O2. The summed E-state index contributed by atoms with van der Waals surface area (Å²) in [6, 6.07) is 12.0. The van der Waals surface area contributed by atoms with Crippen molar-refractivity contribution in [1.29, 1.82) is 0 Å². The molecule has 0 saturated heterocycles. The van der Waals surface area contributed by atoms with Gasteiger partial charge in [-0.3, -0.25) is 4.98 Å². The summed E-state index contributed by atoms with van der Waals surface area (Å²) in [4.78, 5) is 15.4. The van der Waals surface area contributed by atoms with Crippen LogP contribution in [0.5, 0.6) is 0 Å². The van der Waals surface area contributed by atoms with Gasteiger partial charge in [-0.15, -0.1) is 0 Å². The van der Waals surface area contributed by atoms with Crippen LogP contribution in [0.1, 0.15) is 10.4 Å². The molecule has 4 aromatic rings. The van der Waals surface area contributed by atoms with Gasteiger partial charge in [0.15, 0.2) is 0 Å². The Morgan fingerprint density at radius 3 is 2.72 bits per heavy atom. The van der Waals surface area contributed by atoms with E-state index in [1.807, 2.05) is 0 Å². The zero-order valence-corrected chi connectivity index (χ0v) is 15.9. The summed E-state index contributed by atoms with van der Waals surface area (Å²) in [6.07, 6.45) is 3.07. The number of benzene rings is 2. The molecular weight excluding hydrogens is 390 g/mol. The van der Waals surface area contributed by atoms with Gasteiger partial charge in [0.05, 0.1) is 29.1 Å². The van der Waals surface area contributed by atoms with Crippen LogP contribution in [0.15, 0.2) is 60.9 Å². The molecule has 0 spiro atoms. The van der Waals surface area contributed by atoms with Gasteiger partial charge < -0.3 is 15.2 Å². The fourth-order valence-corrected chi connectivity index (χ4v) is 2.97. The minimum Gasteiger partial charge on any atom is -0.545 e. The predicted molar refractivity (Wildman–Crippen MR) is 102 cm³/mol. The number of nitrogens with zero attached hydrogens (tertiary/aromatic N) is 3. The fourth-order valence-electron chi connectivity index (χ4n) is 2.80. The molecule has 0 fully saturated rings. The maximum Gasteiger partial charge on any atom is 1.00 e. The molecule has 4 rings (SSSR count). The Morgan fingerprint density at radius 1 is 1.10 bits per heavy atom. The number of carbonyl (C=O) groups excluding carboxylic acids is 1. The molecule has 0 saturated carbocycles. The third kappa shape index (κ3) is 4.38. The first kappa shape index (κ1) is 20.7. The van der Waals surface area contributed by atoms with E-state index < -0.39 is 11.8 Å². The van der Waals surface area contributed by atoms with Gasteiger partial charge in [0.1, 0.15) is 5.82 Å². The fraction of sp³-hybridized carbons (Fsp3) is 0. The number of hydrogen-bond acceptors (Lipinski definition) is 6. The van der Waals surface area contributed by atoms with Crippen molar-refractivity contribution in [3.05, 3.63) is 77.3 Å². The minimum absolute atomic E-state index is 0. The van der Waals surface area contributed by atoms with Crippen molar-refractivity contribution >= 4 is 39.8 Å². The number of hydrogen-bond donors (Lipinski definition) is 1. The summed E-state index contributed by atoms with van der Waals surface area (Å²) in [5, 5.41) is 23.2. The summed E-state index contributed by atoms with van der Waals surface area (Å²) < 4.78 is 14.1. The van der Waals surface area contributed by atoms with Crippen molar-refractivity contribution < 1.29 is 33.2 Å². The van der Waals surface area contributed by atoms with Crippen LogP contribution in [0.2, 0.25) is 5.02 Å². The second-order valence-electron chi connectivity index (χ2n) is 5.96. The van der Waals surface area contributed by atoms with E-state index in [1.54, 1.807) is 24.4 Å². The van der Waals surface area contributed by atoms with Crippen molar-refractivity contribution in [3.8, 4) is 11.3 Å². The molecule has 0 aliphatic rings. The molecule has 0 atom stereocenters. The molecule has 2 aromatic heterocycles. The van der Waals surface area contributed by atoms with Gasteiger partial charge in [0, 0.05) is 27.9 Å². The Bertz CT molecular complexity index is 1220. The Balaban J connectivity index is 0.00000240. The molecule has 138 valence electrons. The molecule has 1 N–H and O–H groups in total. The predicted octanol–water partition coefficient (Wildman–Crippen LogP) is 0.595. The zero-order valence-electron chi connectivity index (χ0n) is 15.2. The van der Waals surface area contributed by atoms with Gasteiger partial charge in [0.2, 0.25) is 0 Å². The van der Waals surface area contributed by atoms with Gasteiger partial charge in [-0.05, 0) is 48.0 Å². The van der Waals surface area contributed by atoms with Crippen molar-refractivity contribution in [3.63, 3.8) is 0 Å². The topological polar surface area (TPSA) is 90.8 Å². The SMILES string of the molecule is O=C([O-])c1ccc2nccc(Nc3cnnc(-c4cc(Cl)ccc4F)c3)c2c1.[Li+]. The summed E-state index contributed by atoms with van der Waals surface area (Å²) in [5.74, 6) is -1.75. The molecule has 0 bridgehead atoms. The second-order valence-corrected chi connectivity index (χ2v) is 6.39. The van der Waals surface area contributed by atoms with Crippen LogP contribution in [0.3, 0.4) is 0 Å². The summed E-state index contributed by atoms with van der Waals surface area (Å²) in [5.41, 5.74) is 2.33. The minimum atomic E-state index is -1.28. The molecule has 9 heteroatoms. The van der Waals surface area contributed by atoms with E-state index in [1.165, 1.54) is 36.5 Å². The Kier molecular flexibility index (Phi) is 6.14. The van der Waals surface area contributed by atoms with Crippen LogP contribution >= 0.6 is 11.6 Å². The number of nitrogens with one attached hydrogen (secondary N) is 1. The number of pyridine rings is 1. The van der Waals surface area contributed by atoms with Crippen LogP contribution < -0.4 is 29.3 Å². The number of rotatable bonds is 4. The van der Waals surface area contributed by atoms with Gasteiger partial charge in [0.25, 0.3) is 0 Å². The standard InChI is InChI=1S/C20H12ClFN4O2.Li/c21-12-2-3-16(22)14(8-12)19-9-13(10-24-26-19)25-18-5-6-23-17-4-1-11(20(27)28)7-15(17)18;/h1-10H,(H,27,28)(H,23,25,26);/q;+1/p-1. The zero-order chi connectivity index (χ0) is 19.7. The third-order valence-electron chi connectivity index (χ3n) is 4.12. The smallest absolute Gasteiger partial charge is 0.545 e. The number of carboxylic acids is 1. The number of anilines is 2. The quantitative estimate of drug-likeness (QED) is 0.504. The third-order valence-corrected chi connectivity index (χ3v) is 4.35. The van der Waals surface area contributed by atoms with Crippen LogP contribution in [0.4, 0.5) is 15.8 Å². The number of carboxylic acid groups (broad SMARTS) is 1. The van der Waals surface area contributed by atoms with Crippen LogP contribution in [0, 0.1) is 5.82 Å². The molecule has 29 heavy (non-hydrogen) atoms. The van der Waals surface area contributed by atoms with Crippen LogP contribution in [-0.4, -0.2) is 21.2 Å². The molecule has 0 aliphatic carbocycles. The average Bonchev–Trinajstić information content (AvgIpc) is 2.70. The van der Waals surface area contributed by atoms with Crippen molar-refractivity contribution in [2.45, 2.75) is 0 Å². The van der Waals surface area contributed by atoms with E-state index in [0.717, 1.165) is 0 Å². The first-order chi connectivity index (χ1) is 13.5. The molecule has 0 unspecified atom stereocenters. The van der Waals surface area contributed by atoms with E-state index in [9.17, 15) is 14.3 Å². The first-order valence-electron chi connectivity index (χ1n) is 8.16. The van der Waals surface area contributed by atoms with Crippen molar-refractivity contribution in [2.75, 3.05) is 5.32 Å². The van der Waals surface area contributed by atoms with Gasteiger partial charge in [-0.25, -0.2) is 4.39 Å². The van der Waals surface area contributed by atoms with E-state index in [0.29, 0.717) is 33.0 Å². The molecule has 0 radical (unpaired) electrons. The van der Waals surface area contributed by atoms with E-state index in [-0.39, 0.29) is 30.0 Å². The summed E-state index contributed by atoms with van der Waals surface area (Å²) in [6.45, 7) is 0. The van der Waals surface area contributed by atoms with E-state index in [2.05, 4.69) is 20.5 Å². The molecule has 2 heterocycles. The van der Waals surface area contributed by atoms with Crippen molar-refractivity contribution in [1.82, 2.24) is 15.2 Å². The normalized spacial score (nSPS) is 10.4. The van der Waals surface area contributed by atoms with Gasteiger partial charge in [-0.1, -0.05) is 17.7 Å². The van der Waals surface area contributed by atoms with Crippen LogP contribution in [0.25, 0.3) is 22.2 Å². The van der Waals surface area contributed by atoms with Gasteiger partial charge >= 0.3 is 18.9 Å². The average molecular weight is 401 g/mol. The largest absolute Gasteiger partial charge is 1.00 e. The van der Waals surface area contributed by atoms with Gasteiger partial charge in [-0.2, -0.15) is 10.2 Å². The number of fused-ring (bicyclic) bond motifs is 1. The number of carbonyl (C=O) groups is 1. The van der Waals surface area contributed by atoms with E-state index >= 15 is 0 Å². The van der Waals surface area contributed by atoms with Crippen LogP contribution in [-0.2, 0) is 0 Å². The Morgan fingerprint density at radius 2 is 1.93 bits per heavy atom. The first-order valence-corrected chi connectivity index (χ1v) is 8.54. The monoisotopic (exact) mass is 400 g/mol. The number of aromatic nitrogens is 3. The summed E-state index contributed by atoms with van der Waals surface area (Å²) >= 11 is 5.95. The van der Waals surface area contributed by atoms with E-state index in [4.69, 9.17) is 11.6 Å². The maximum atomic E-state index is 14.1. The Hall–Kier alpha value is -2.98. The molecule has 6 nitrogen and oxygen atoms in total. The maximum absolute atomic E-state index is 14.1.